The second-order valence-corrected chi connectivity index (χ2v) is 8.44. The molecule has 0 saturated carbocycles. The van der Waals surface area contributed by atoms with Crippen LogP contribution < -0.4 is 4.74 Å². The number of hydrogen-bond acceptors (Lipinski definition) is 5. The molecule has 0 radical (unpaired) electrons. The summed E-state index contributed by atoms with van der Waals surface area (Å²) >= 11 is 5.95. The van der Waals surface area contributed by atoms with Gasteiger partial charge in [0.15, 0.2) is 0 Å². The van der Waals surface area contributed by atoms with Gasteiger partial charge in [-0.2, -0.15) is 0 Å². The Labute approximate surface area is 185 Å². The van der Waals surface area contributed by atoms with Crippen molar-refractivity contribution < 1.29 is 14.6 Å². The first-order valence-electron chi connectivity index (χ1n) is 10.7. The number of nitrogens with zero attached hydrogens (tertiary/aromatic N) is 2. The lowest BCUT2D eigenvalue weighted by molar-refractivity contribution is -0.000523. The van der Waals surface area contributed by atoms with E-state index < -0.39 is 6.10 Å². The quantitative estimate of drug-likeness (QED) is 0.582. The maximum Gasteiger partial charge on any atom is 0.125 e. The van der Waals surface area contributed by atoms with Crippen LogP contribution in [0.3, 0.4) is 0 Å². The molecule has 0 aliphatic carbocycles. The standard InChI is InChI=1S/C24H33ClN2O3/c1-19-4-3-5-20(2)24(19)30-15-14-29-18-23(28)17-27-12-10-26(11-13-27)16-21-6-8-22(25)9-7-21/h3-9,23,28H,10-18H2,1-2H3. The number of para-hydroxylation sites is 1. The Hall–Kier alpha value is -1.63. The van der Waals surface area contributed by atoms with Gasteiger partial charge in [-0.25, -0.2) is 0 Å². The summed E-state index contributed by atoms with van der Waals surface area (Å²) in [5.41, 5.74) is 3.54. The number of benzene rings is 2. The van der Waals surface area contributed by atoms with Gasteiger partial charge in [0.2, 0.25) is 0 Å². The normalized spacial score (nSPS) is 16.5. The molecule has 2 aromatic rings. The van der Waals surface area contributed by atoms with E-state index in [0.717, 1.165) is 54.6 Å². The van der Waals surface area contributed by atoms with Crippen LogP contribution in [0.25, 0.3) is 0 Å². The van der Waals surface area contributed by atoms with Crippen LogP contribution in [-0.2, 0) is 11.3 Å². The Morgan fingerprint density at radius 1 is 0.933 bits per heavy atom. The van der Waals surface area contributed by atoms with Gasteiger partial charge in [0.25, 0.3) is 0 Å². The fraction of sp³-hybridized carbons (Fsp3) is 0.500. The van der Waals surface area contributed by atoms with E-state index in [1.165, 1.54) is 5.56 Å². The highest BCUT2D eigenvalue weighted by molar-refractivity contribution is 6.30. The lowest BCUT2D eigenvalue weighted by atomic mass is 10.1. The first kappa shape index (κ1) is 23.0. The molecule has 2 aromatic carbocycles. The van der Waals surface area contributed by atoms with E-state index in [0.29, 0.717) is 26.4 Å². The highest BCUT2D eigenvalue weighted by Crippen LogP contribution is 2.22. The third-order valence-corrected chi connectivity index (χ3v) is 5.70. The van der Waals surface area contributed by atoms with Gasteiger partial charge in [-0.05, 0) is 42.7 Å². The number of halogens is 1. The van der Waals surface area contributed by atoms with Crippen LogP contribution in [0.15, 0.2) is 42.5 Å². The van der Waals surface area contributed by atoms with E-state index in [4.69, 9.17) is 21.1 Å². The van der Waals surface area contributed by atoms with Crippen molar-refractivity contribution >= 4 is 11.6 Å². The van der Waals surface area contributed by atoms with Crippen molar-refractivity contribution in [2.45, 2.75) is 26.5 Å². The topological polar surface area (TPSA) is 45.2 Å². The van der Waals surface area contributed by atoms with E-state index in [9.17, 15) is 5.11 Å². The van der Waals surface area contributed by atoms with Gasteiger partial charge < -0.3 is 14.6 Å². The zero-order chi connectivity index (χ0) is 21.3. The average Bonchev–Trinajstić information content (AvgIpc) is 2.73. The number of β-amino-alcohol motifs (C(OH)–C–C–N with tert-alkyl or cyclic N) is 1. The van der Waals surface area contributed by atoms with E-state index in [-0.39, 0.29) is 0 Å². The van der Waals surface area contributed by atoms with Crippen LogP contribution in [0.5, 0.6) is 5.75 Å². The fourth-order valence-corrected chi connectivity index (χ4v) is 3.90. The number of rotatable bonds is 10. The van der Waals surface area contributed by atoms with Gasteiger partial charge in [-0.15, -0.1) is 0 Å². The van der Waals surface area contributed by atoms with E-state index in [1.807, 2.05) is 44.2 Å². The molecule has 1 aliphatic rings. The Balaban J connectivity index is 1.27. The van der Waals surface area contributed by atoms with Crippen molar-refractivity contribution in [3.63, 3.8) is 0 Å². The number of piperazine rings is 1. The molecule has 3 rings (SSSR count). The maximum atomic E-state index is 10.3. The molecule has 1 N–H and O–H groups in total. The molecule has 1 fully saturated rings. The Bertz CT molecular complexity index is 756. The van der Waals surface area contributed by atoms with Crippen molar-refractivity contribution in [3.05, 3.63) is 64.2 Å². The Morgan fingerprint density at radius 2 is 1.57 bits per heavy atom. The maximum absolute atomic E-state index is 10.3. The second kappa shape index (κ2) is 11.7. The van der Waals surface area contributed by atoms with Crippen molar-refractivity contribution in [2.75, 3.05) is 52.5 Å². The molecule has 30 heavy (non-hydrogen) atoms. The summed E-state index contributed by atoms with van der Waals surface area (Å²) < 4.78 is 11.5. The third-order valence-electron chi connectivity index (χ3n) is 5.45. The van der Waals surface area contributed by atoms with Crippen LogP contribution in [-0.4, -0.2) is 73.6 Å². The van der Waals surface area contributed by atoms with Crippen LogP contribution >= 0.6 is 11.6 Å². The predicted molar refractivity (Wildman–Crippen MR) is 121 cm³/mol. The molecule has 1 atom stereocenters. The second-order valence-electron chi connectivity index (χ2n) is 8.00. The molecular formula is C24H33ClN2O3. The van der Waals surface area contributed by atoms with Gasteiger partial charge >= 0.3 is 0 Å². The summed E-state index contributed by atoms with van der Waals surface area (Å²) in [6, 6.07) is 14.2. The zero-order valence-electron chi connectivity index (χ0n) is 18.0. The smallest absolute Gasteiger partial charge is 0.125 e. The summed E-state index contributed by atoms with van der Waals surface area (Å²) in [6.07, 6.45) is -0.479. The van der Waals surface area contributed by atoms with Gasteiger partial charge in [0, 0.05) is 44.3 Å². The number of hydrogen-bond donors (Lipinski definition) is 1. The summed E-state index contributed by atoms with van der Waals surface area (Å²) in [4.78, 5) is 4.74. The van der Waals surface area contributed by atoms with Crippen LogP contribution in [0.1, 0.15) is 16.7 Å². The molecule has 5 nitrogen and oxygen atoms in total. The van der Waals surface area contributed by atoms with Crippen LogP contribution in [0.4, 0.5) is 0 Å². The molecule has 164 valence electrons. The molecule has 0 spiro atoms. The molecule has 0 aromatic heterocycles. The minimum atomic E-state index is -0.479. The molecular weight excluding hydrogens is 400 g/mol. The number of aryl methyl sites for hydroxylation is 2. The fourth-order valence-electron chi connectivity index (χ4n) is 3.78. The van der Waals surface area contributed by atoms with Crippen LogP contribution in [0.2, 0.25) is 5.02 Å². The lowest BCUT2D eigenvalue weighted by Crippen LogP contribution is -2.48. The van der Waals surface area contributed by atoms with Crippen molar-refractivity contribution in [3.8, 4) is 5.75 Å². The first-order valence-corrected chi connectivity index (χ1v) is 11.0. The average molecular weight is 433 g/mol. The lowest BCUT2D eigenvalue weighted by Gasteiger charge is -2.35. The SMILES string of the molecule is Cc1cccc(C)c1OCCOCC(O)CN1CCN(Cc2ccc(Cl)cc2)CC1. The van der Waals surface area contributed by atoms with Gasteiger partial charge in [-0.3, -0.25) is 9.80 Å². The Kier molecular flexibility index (Phi) is 8.97. The molecule has 1 unspecified atom stereocenters. The van der Waals surface area contributed by atoms with Crippen molar-refractivity contribution in [1.29, 1.82) is 0 Å². The summed E-state index contributed by atoms with van der Waals surface area (Å²) in [5.74, 6) is 0.929. The summed E-state index contributed by atoms with van der Waals surface area (Å²) in [7, 11) is 0. The van der Waals surface area contributed by atoms with Crippen LogP contribution in [0, 0.1) is 13.8 Å². The minimum Gasteiger partial charge on any atom is -0.491 e. The van der Waals surface area contributed by atoms with E-state index >= 15 is 0 Å². The number of aliphatic hydroxyl groups excluding tert-OH is 1. The predicted octanol–water partition coefficient (Wildman–Crippen LogP) is 3.53. The molecule has 1 aliphatic heterocycles. The highest BCUT2D eigenvalue weighted by Gasteiger charge is 2.19. The first-order chi connectivity index (χ1) is 14.5. The van der Waals surface area contributed by atoms with E-state index in [1.54, 1.807) is 0 Å². The third kappa shape index (κ3) is 7.25. The van der Waals surface area contributed by atoms with Gasteiger partial charge in [-0.1, -0.05) is 41.9 Å². The number of ether oxygens (including phenoxy) is 2. The van der Waals surface area contributed by atoms with Crippen molar-refractivity contribution in [2.24, 2.45) is 0 Å². The molecule has 0 bridgehead atoms. The minimum absolute atomic E-state index is 0.334. The zero-order valence-corrected chi connectivity index (χ0v) is 18.8. The van der Waals surface area contributed by atoms with Gasteiger partial charge in [0.1, 0.15) is 12.4 Å². The van der Waals surface area contributed by atoms with Crippen molar-refractivity contribution in [1.82, 2.24) is 9.80 Å². The molecule has 0 amide bonds. The Morgan fingerprint density at radius 3 is 2.23 bits per heavy atom. The summed E-state index contributed by atoms with van der Waals surface area (Å²) in [6.45, 7) is 10.9. The summed E-state index contributed by atoms with van der Waals surface area (Å²) in [5, 5.41) is 11.1. The monoisotopic (exact) mass is 432 g/mol. The largest absolute Gasteiger partial charge is 0.491 e. The van der Waals surface area contributed by atoms with E-state index in [2.05, 4.69) is 21.9 Å². The van der Waals surface area contributed by atoms with Gasteiger partial charge in [0.05, 0.1) is 19.3 Å². The number of aliphatic hydroxyl groups is 1. The molecule has 6 heteroatoms. The molecule has 1 heterocycles. The molecule has 1 saturated heterocycles. The highest BCUT2D eigenvalue weighted by atomic mass is 35.5.